The number of nitrogens with one attached hydrogen (secondary N) is 1. The lowest BCUT2D eigenvalue weighted by molar-refractivity contribution is 0.155. The van der Waals surface area contributed by atoms with Crippen molar-refractivity contribution in [1.82, 2.24) is 5.32 Å². The lowest BCUT2D eigenvalue weighted by Gasteiger charge is -2.45. The van der Waals surface area contributed by atoms with Crippen molar-refractivity contribution in [3.8, 4) is 5.75 Å². The van der Waals surface area contributed by atoms with Crippen molar-refractivity contribution in [1.29, 1.82) is 0 Å². The number of piperidine rings is 2. The molecule has 4 nitrogen and oxygen atoms in total. The van der Waals surface area contributed by atoms with Gasteiger partial charge in [0.05, 0.1) is 12.8 Å². The highest BCUT2D eigenvalue weighted by molar-refractivity contribution is 5.62. The van der Waals surface area contributed by atoms with E-state index in [0.29, 0.717) is 11.1 Å². The van der Waals surface area contributed by atoms with Gasteiger partial charge in [0.1, 0.15) is 5.75 Å². The fourth-order valence-corrected chi connectivity index (χ4v) is 3.59. The Morgan fingerprint density at radius 3 is 2.50 bits per heavy atom. The zero-order valence-electron chi connectivity index (χ0n) is 12.3. The Hall–Kier alpha value is -1.42. The van der Waals surface area contributed by atoms with Crippen LogP contribution in [0, 0.1) is 5.41 Å². The van der Waals surface area contributed by atoms with Gasteiger partial charge in [-0.2, -0.15) is 0 Å². The van der Waals surface area contributed by atoms with Crippen molar-refractivity contribution in [2.75, 3.05) is 43.9 Å². The van der Waals surface area contributed by atoms with Gasteiger partial charge >= 0.3 is 0 Å². The summed E-state index contributed by atoms with van der Waals surface area (Å²) in [4.78, 5) is 2.47. The molecule has 3 rings (SSSR count). The molecule has 4 heteroatoms. The van der Waals surface area contributed by atoms with E-state index in [1.54, 1.807) is 7.11 Å². The quantitative estimate of drug-likeness (QED) is 0.813. The molecule has 0 atom stereocenters. The molecule has 0 radical (unpaired) electrons. The molecule has 2 fully saturated rings. The number of anilines is 2. The molecule has 2 heterocycles. The highest BCUT2D eigenvalue weighted by Crippen LogP contribution is 2.41. The summed E-state index contributed by atoms with van der Waals surface area (Å²) in [5, 5.41) is 3.48. The molecule has 1 spiro atoms. The second kappa shape index (κ2) is 5.52. The summed E-state index contributed by atoms with van der Waals surface area (Å²) in [5.74, 6) is 0.782. The standard InChI is InChI=1S/C16H25N3O/c1-20-15-12-13(2-3-14(15)17)19-10-6-16(7-11-19)4-8-18-9-5-16/h2-3,12,18H,4-11,17H2,1H3. The number of hydrogen-bond donors (Lipinski definition) is 2. The van der Waals surface area contributed by atoms with Gasteiger partial charge in [-0.05, 0) is 56.3 Å². The van der Waals surface area contributed by atoms with Gasteiger partial charge in [0, 0.05) is 24.8 Å². The Morgan fingerprint density at radius 2 is 1.85 bits per heavy atom. The maximum Gasteiger partial charge on any atom is 0.143 e. The maximum absolute atomic E-state index is 5.89. The molecule has 0 unspecified atom stereocenters. The summed E-state index contributed by atoms with van der Waals surface area (Å²) in [5.41, 5.74) is 8.43. The van der Waals surface area contributed by atoms with Crippen LogP contribution in [0.4, 0.5) is 11.4 Å². The topological polar surface area (TPSA) is 50.5 Å². The Morgan fingerprint density at radius 1 is 1.15 bits per heavy atom. The van der Waals surface area contributed by atoms with E-state index in [1.807, 2.05) is 6.07 Å². The fourth-order valence-electron chi connectivity index (χ4n) is 3.59. The van der Waals surface area contributed by atoms with Crippen LogP contribution in [0.1, 0.15) is 25.7 Å². The molecule has 110 valence electrons. The maximum atomic E-state index is 5.89. The van der Waals surface area contributed by atoms with E-state index < -0.39 is 0 Å². The van der Waals surface area contributed by atoms with Gasteiger partial charge in [-0.1, -0.05) is 0 Å². The lowest BCUT2D eigenvalue weighted by Crippen LogP contribution is -2.45. The number of benzene rings is 1. The minimum atomic E-state index is 0.597. The first-order chi connectivity index (χ1) is 9.72. The molecule has 1 aromatic rings. The smallest absolute Gasteiger partial charge is 0.143 e. The highest BCUT2D eigenvalue weighted by Gasteiger charge is 2.35. The third-order valence-electron chi connectivity index (χ3n) is 5.07. The Balaban J connectivity index is 1.68. The number of nitrogens with zero attached hydrogens (tertiary/aromatic N) is 1. The van der Waals surface area contributed by atoms with E-state index in [2.05, 4.69) is 22.3 Å². The summed E-state index contributed by atoms with van der Waals surface area (Å²) in [6.07, 6.45) is 5.29. The fraction of sp³-hybridized carbons (Fsp3) is 0.625. The number of methoxy groups -OCH3 is 1. The van der Waals surface area contributed by atoms with Crippen molar-refractivity contribution in [2.24, 2.45) is 5.41 Å². The van der Waals surface area contributed by atoms with Crippen LogP contribution in [0.25, 0.3) is 0 Å². The van der Waals surface area contributed by atoms with Crippen molar-refractivity contribution in [2.45, 2.75) is 25.7 Å². The highest BCUT2D eigenvalue weighted by atomic mass is 16.5. The van der Waals surface area contributed by atoms with E-state index >= 15 is 0 Å². The number of hydrogen-bond acceptors (Lipinski definition) is 4. The molecule has 0 aliphatic carbocycles. The van der Waals surface area contributed by atoms with Gasteiger partial charge in [-0.25, -0.2) is 0 Å². The molecule has 0 saturated carbocycles. The Bertz CT molecular complexity index is 459. The summed E-state index contributed by atoms with van der Waals surface area (Å²) >= 11 is 0. The van der Waals surface area contributed by atoms with Crippen LogP contribution in [0.2, 0.25) is 0 Å². The molecule has 20 heavy (non-hydrogen) atoms. The van der Waals surface area contributed by atoms with Gasteiger partial charge in [0.25, 0.3) is 0 Å². The third kappa shape index (κ3) is 2.57. The van der Waals surface area contributed by atoms with Gasteiger partial charge in [-0.15, -0.1) is 0 Å². The second-order valence-corrected chi connectivity index (χ2v) is 6.16. The van der Waals surface area contributed by atoms with Crippen LogP contribution in [-0.4, -0.2) is 33.3 Å². The lowest BCUT2D eigenvalue weighted by atomic mass is 9.71. The van der Waals surface area contributed by atoms with Crippen LogP contribution >= 0.6 is 0 Å². The summed E-state index contributed by atoms with van der Waals surface area (Å²) in [6.45, 7) is 4.67. The van der Waals surface area contributed by atoms with E-state index in [9.17, 15) is 0 Å². The number of ether oxygens (including phenoxy) is 1. The minimum Gasteiger partial charge on any atom is -0.495 e. The van der Waals surface area contributed by atoms with Crippen LogP contribution in [0.3, 0.4) is 0 Å². The van der Waals surface area contributed by atoms with Gasteiger partial charge in [-0.3, -0.25) is 0 Å². The molecule has 0 aromatic heterocycles. The van der Waals surface area contributed by atoms with Crippen LogP contribution in [0.5, 0.6) is 5.75 Å². The molecule has 0 amide bonds. The number of nitrogens with two attached hydrogens (primary N) is 1. The Labute approximate surface area is 121 Å². The molecule has 2 saturated heterocycles. The minimum absolute atomic E-state index is 0.597. The molecule has 1 aromatic carbocycles. The van der Waals surface area contributed by atoms with Crippen molar-refractivity contribution in [3.05, 3.63) is 18.2 Å². The Kier molecular flexibility index (Phi) is 3.74. The average Bonchev–Trinajstić information content (AvgIpc) is 2.50. The first-order valence-electron chi connectivity index (χ1n) is 7.62. The molecular weight excluding hydrogens is 250 g/mol. The largest absolute Gasteiger partial charge is 0.495 e. The van der Waals surface area contributed by atoms with E-state index in [1.165, 1.54) is 44.5 Å². The van der Waals surface area contributed by atoms with Crippen LogP contribution in [0.15, 0.2) is 18.2 Å². The van der Waals surface area contributed by atoms with E-state index in [0.717, 1.165) is 18.8 Å². The molecule has 2 aliphatic heterocycles. The average molecular weight is 275 g/mol. The van der Waals surface area contributed by atoms with Crippen LogP contribution < -0.4 is 20.7 Å². The monoisotopic (exact) mass is 275 g/mol. The van der Waals surface area contributed by atoms with Gasteiger partial charge in [0.15, 0.2) is 0 Å². The first kappa shape index (κ1) is 13.6. The summed E-state index contributed by atoms with van der Waals surface area (Å²) in [6, 6.07) is 6.12. The normalized spacial score (nSPS) is 21.9. The first-order valence-corrected chi connectivity index (χ1v) is 7.62. The van der Waals surface area contributed by atoms with Crippen molar-refractivity contribution < 1.29 is 4.74 Å². The van der Waals surface area contributed by atoms with Crippen molar-refractivity contribution in [3.63, 3.8) is 0 Å². The summed E-state index contributed by atoms with van der Waals surface area (Å²) in [7, 11) is 1.68. The molecule has 0 bridgehead atoms. The van der Waals surface area contributed by atoms with Gasteiger partial charge in [0.2, 0.25) is 0 Å². The van der Waals surface area contributed by atoms with E-state index in [-0.39, 0.29) is 0 Å². The SMILES string of the molecule is COc1cc(N2CCC3(CCNCC3)CC2)ccc1N. The molecule has 2 aliphatic rings. The predicted molar refractivity (Wildman–Crippen MR) is 83.4 cm³/mol. The predicted octanol–water partition coefficient (Wildman–Crippen LogP) is 2.25. The number of rotatable bonds is 2. The number of nitrogen functional groups attached to an aromatic ring is 1. The zero-order chi connectivity index (χ0) is 14.0. The second-order valence-electron chi connectivity index (χ2n) is 6.16. The zero-order valence-corrected chi connectivity index (χ0v) is 12.3. The van der Waals surface area contributed by atoms with Gasteiger partial charge < -0.3 is 20.7 Å². The third-order valence-corrected chi connectivity index (χ3v) is 5.07. The van der Waals surface area contributed by atoms with E-state index in [4.69, 9.17) is 10.5 Å². The van der Waals surface area contributed by atoms with Crippen molar-refractivity contribution >= 4 is 11.4 Å². The molecular formula is C16H25N3O. The summed E-state index contributed by atoms with van der Waals surface area (Å²) < 4.78 is 5.33. The molecule has 3 N–H and O–H groups in total. The van der Waals surface area contributed by atoms with Crippen LogP contribution in [-0.2, 0) is 0 Å².